The number of nitrogens with zero attached hydrogens (tertiary/aromatic N) is 1. The van der Waals surface area contributed by atoms with Crippen molar-refractivity contribution in [2.24, 2.45) is 4.99 Å². The van der Waals surface area contributed by atoms with Gasteiger partial charge in [-0.05, 0) is 24.6 Å². The Bertz CT molecular complexity index is 439. The lowest BCUT2D eigenvalue weighted by molar-refractivity contribution is 0.108. The summed E-state index contributed by atoms with van der Waals surface area (Å²) in [6.07, 6.45) is 1.25. The number of nitrogens with one attached hydrogen (secondary N) is 1. The van der Waals surface area contributed by atoms with E-state index in [0.717, 1.165) is 11.3 Å². The Hall–Kier alpha value is -1.68. The number of benzene rings is 1. The fourth-order valence-corrected chi connectivity index (χ4v) is 1.91. The first-order valence-electron chi connectivity index (χ1n) is 5.49. The van der Waals surface area contributed by atoms with E-state index in [1.165, 1.54) is 6.21 Å². The van der Waals surface area contributed by atoms with Crippen molar-refractivity contribution in [3.05, 3.63) is 29.8 Å². The minimum Gasteiger partial charge on any atom is -0.497 e. The van der Waals surface area contributed by atoms with Gasteiger partial charge in [0.25, 0.3) is 0 Å². The van der Waals surface area contributed by atoms with Gasteiger partial charge >= 0.3 is 0 Å². The normalized spacial score (nSPS) is 24.0. The third kappa shape index (κ3) is 2.36. The SMILES string of the molecule is COc1ccc(C2(C)COCC(C=N)=N2)cc1. The molecule has 1 atom stereocenters. The molecule has 0 aromatic heterocycles. The molecule has 0 radical (unpaired) electrons. The van der Waals surface area contributed by atoms with Gasteiger partial charge in [0.1, 0.15) is 11.3 Å². The van der Waals surface area contributed by atoms with E-state index in [-0.39, 0.29) is 0 Å². The molecule has 0 amide bonds. The van der Waals surface area contributed by atoms with Crippen LogP contribution in [0.15, 0.2) is 29.3 Å². The molecule has 1 aliphatic heterocycles. The number of hydrogen-bond donors (Lipinski definition) is 1. The molecular formula is C13H16N2O2. The highest BCUT2D eigenvalue weighted by Gasteiger charge is 2.29. The van der Waals surface area contributed by atoms with Crippen LogP contribution in [0.3, 0.4) is 0 Å². The molecule has 4 nitrogen and oxygen atoms in total. The van der Waals surface area contributed by atoms with Gasteiger partial charge in [0.15, 0.2) is 0 Å². The van der Waals surface area contributed by atoms with E-state index >= 15 is 0 Å². The Morgan fingerprint density at radius 2 is 2.12 bits per heavy atom. The Morgan fingerprint density at radius 3 is 2.71 bits per heavy atom. The van der Waals surface area contributed by atoms with Crippen molar-refractivity contribution in [3.63, 3.8) is 0 Å². The zero-order valence-electron chi connectivity index (χ0n) is 10.1. The Labute approximate surface area is 101 Å². The average molecular weight is 232 g/mol. The summed E-state index contributed by atoms with van der Waals surface area (Å²) in [5.41, 5.74) is 1.34. The van der Waals surface area contributed by atoms with Crippen LogP contribution in [-0.4, -0.2) is 32.2 Å². The van der Waals surface area contributed by atoms with E-state index in [1.54, 1.807) is 7.11 Å². The zero-order chi connectivity index (χ0) is 12.3. The molecule has 90 valence electrons. The molecule has 1 heterocycles. The van der Waals surface area contributed by atoms with E-state index in [2.05, 4.69) is 4.99 Å². The molecule has 0 bridgehead atoms. The van der Waals surface area contributed by atoms with E-state index < -0.39 is 5.54 Å². The van der Waals surface area contributed by atoms with Crippen LogP contribution in [0.5, 0.6) is 5.75 Å². The molecule has 1 aromatic rings. The second-order valence-corrected chi connectivity index (χ2v) is 4.24. The summed E-state index contributed by atoms with van der Waals surface area (Å²) < 4.78 is 10.6. The third-order valence-corrected chi connectivity index (χ3v) is 2.90. The smallest absolute Gasteiger partial charge is 0.118 e. The van der Waals surface area contributed by atoms with E-state index in [0.29, 0.717) is 18.9 Å². The molecule has 0 spiro atoms. The van der Waals surface area contributed by atoms with Crippen LogP contribution in [-0.2, 0) is 10.3 Å². The van der Waals surface area contributed by atoms with Crippen molar-refractivity contribution in [1.82, 2.24) is 0 Å². The van der Waals surface area contributed by atoms with Crippen molar-refractivity contribution in [3.8, 4) is 5.75 Å². The van der Waals surface area contributed by atoms with Crippen molar-refractivity contribution in [1.29, 1.82) is 5.41 Å². The number of hydrogen-bond acceptors (Lipinski definition) is 4. The maximum Gasteiger partial charge on any atom is 0.118 e. The molecule has 0 fully saturated rings. The summed E-state index contributed by atoms with van der Waals surface area (Å²) >= 11 is 0. The Morgan fingerprint density at radius 1 is 1.41 bits per heavy atom. The maximum atomic E-state index is 7.24. The maximum absolute atomic E-state index is 7.24. The molecule has 1 aromatic carbocycles. The summed E-state index contributed by atoms with van der Waals surface area (Å²) in [6.45, 7) is 2.98. The highest BCUT2D eigenvalue weighted by atomic mass is 16.5. The standard InChI is InChI=1S/C13H16N2O2/c1-13(9-17-8-11(7-14)15-13)10-3-5-12(16-2)6-4-10/h3-7,14H,8-9H2,1-2H3. The largest absolute Gasteiger partial charge is 0.497 e. The van der Waals surface area contributed by atoms with Gasteiger partial charge in [-0.1, -0.05) is 12.1 Å². The van der Waals surface area contributed by atoms with E-state index in [9.17, 15) is 0 Å². The van der Waals surface area contributed by atoms with Gasteiger partial charge in [-0.15, -0.1) is 0 Å². The lowest BCUT2D eigenvalue weighted by atomic mass is 9.92. The molecular weight excluding hydrogens is 216 g/mol. The molecule has 17 heavy (non-hydrogen) atoms. The van der Waals surface area contributed by atoms with Gasteiger partial charge in [0.05, 0.1) is 26.0 Å². The van der Waals surface area contributed by atoms with Gasteiger partial charge in [0.2, 0.25) is 0 Å². The fourth-order valence-electron chi connectivity index (χ4n) is 1.91. The van der Waals surface area contributed by atoms with Crippen LogP contribution in [0.2, 0.25) is 0 Å². The predicted molar refractivity (Wildman–Crippen MR) is 67.4 cm³/mol. The van der Waals surface area contributed by atoms with Crippen LogP contribution in [0.1, 0.15) is 12.5 Å². The lowest BCUT2D eigenvalue weighted by Gasteiger charge is -2.30. The van der Waals surface area contributed by atoms with Crippen LogP contribution in [0, 0.1) is 5.41 Å². The molecule has 0 saturated heterocycles. The second kappa shape index (κ2) is 4.67. The highest BCUT2D eigenvalue weighted by Crippen LogP contribution is 2.29. The summed E-state index contributed by atoms with van der Waals surface area (Å²) in [4.78, 5) is 4.57. The summed E-state index contributed by atoms with van der Waals surface area (Å²) in [6, 6.07) is 7.79. The molecule has 2 rings (SSSR count). The molecule has 0 aliphatic carbocycles. The van der Waals surface area contributed by atoms with Gasteiger partial charge in [-0.2, -0.15) is 0 Å². The quantitative estimate of drug-likeness (QED) is 0.811. The number of methoxy groups -OCH3 is 1. The van der Waals surface area contributed by atoms with Crippen LogP contribution < -0.4 is 4.74 Å². The summed E-state index contributed by atoms with van der Waals surface area (Å²) in [5.74, 6) is 0.824. The topological polar surface area (TPSA) is 54.7 Å². The van der Waals surface area contributed by atoms with Crippen LogP contribution in [0.4, 0.5) is 0 Å². The molecule has 4 heteroatoms. The molecule has 1 unspecified atom stereocenters. The number of rotatable bonds is 3. The number of aliphatic imine (C=N–C) groups is 1. The molecule has 0 saturated carbocycles. The first kappa shape index (κ1) is 11.8. The second-order valence-electron chi connectivity index (χ2n) is 4.24. The van der Waals surface area contributed by atoms with Crippen molar-refractivity contribution in [2.75, 3.05) is 20.3 Å². The molecule has 1 N–H and O–H groups in total. The minimum absolute atomic E-state index is 0.405. The number of ether oxygens (including phenoxy) is 2. The van der Waals surface area contributed by atoms with Gasteiger partial charge in [-0.25, -0.2) is 0 Å². The van der Waals surface area contributed by atoms with E-state index in [1.807, 2.05) is 31.2 Å². The van der Waals surface area contributed by atoms with Gasteiger partial charge < -0.3 is 14.9 Å². The molecule has 1 aliphatic rings. The Balaban J connectivity index is 2.33. The fraction of sp³-hybridized carbons (Fsp3) is 0.385. The first-order chi connectivity index (χ1) is 8.18. The van der Waals surface area contributed by atoms with Crippen LogP contribution in [0.25, 0.3) is 0 Å². The average Bonchev–Trinajstić information content (AvgIpc) is 2.39. The van der Waals surface area contributed by atoms with Crippen molar-refractivity contribution >= 4 is 11.9 Å². The van der Waals surface area contributed by atoms with E-state index in [4.69, 9.17) is 14.9 Å². The first-order valence-corrected chi connectivity index (χ1v) is 5.49. The predicted octanol–water partition coefficient (Wildman–Crippen LogP) is 2.03. The monoisotopic (exact) mass is 232 g/mol. The Kier molecular flexibility index (Phi) is 3.24. The summed E-state index contributed by atoms with van der Waals surface area (Å²) in [5, 5.41) is 7.24. The minimum atomic E-state index is -0.405. The van der Waals surface area contributed by atoms with Crippen molar-refractivity contribution in [2.45, 2.75) is 12.5 Å². The van der Waals surface area contributed by atoms with Crippen molar-refractivity contribution < 1.29 is 9.47 Å². The van der Waals surface area contributed by atoms with Gasteiger partial charge in [0, 0.05) is 6.21 Å². The zero-order valence-corrected chi connectivity index (χ0v) is 10.1. The lowest BCUT2D eigenvalue weighted by Crippen LogP contribution is -2.34. The van der Waals surface area contributed by atoms with Crippen LogP contribution >= 0.6 is 0 Å². The summed E-state index contributed by atoms with van der Waals surface area (Å²) in [7, 11) is 1.64. The van der Waals surface area contributed by atoms with Gasteiger partial charge in [-0.3, -0.25) is 4.99 Å². The highest BCUT2D eigenvalue weighted by molar-refractivity contribution is 6.30. The third-order valence-electron chi connectivity index (χ3n) is 2.90.